The van der Waals surface area contributed by atoms with Gasteiger partial charge in [-0.1, -0.05) is 11.3 Å². The summed E-state index contributed by atoms with van der Waals surface area (Å²) >= 11 is 0. The van der Waals surface area contributed by atoms with Crippen LogP contribution in [0.25, 0.3) is 11.4 Å². The third-order valence-corrected chi connectivity index (χ3v) is 6.71. The summed E-state index contributed by atoms with van der Waals surface area (Å²) in [6.45, 7) is 5.86. The molecule has 32 heavy (non-hydrogen) atoms. The summed E-state index contributed by atoms with van der Waals surface area (Å²) in [6, 6.07) is 8.44. The van der Waals surface area contributed by atoms with Crippen molar-refractivity contribution in [3.63, 3.8) is 0 Å². The molecule has 2 saturated heterocycles. The zero-order valence-corrected chi connectivity index (χ0v) is 18.9. The number of pyridine rings is 2. The summed E-state index contributed by atoms with van der Waals surface area (Å²) < 4.78 is 7.73. The average Bonchev–Trinajstić information content (AvgIpc) is 3.29. The molecule has 0 radical (unpaired) electrons. The smallest absolute Gasteiger partial charge is 0.131 e. The first-order valence-corrected chi connectivity index (χ1v) is 11.9. The van der Waals surface area contributed by atoms with E-state index < -0.39 is 0 Å². The number of aromatic nitrogens is 5. The molecule has 168 valence electrons. The first-order valence-electron chi connectivity index (χ1n) is 11.9. The van der Waals surface area contributed by atoms with Gasteiger partial charge in [-0.2, -0.15) is 0 Å². The molecule has 0 aromatic carbocycles. The number of rotatable bonds is 6. The molecule has 1 atom stereocenters. The van der Waals surface area contributed by atoms with E-state index in [1.54, 1.807) is 0 Å². The molecule has 5 heterocycles. The van der Waals surface area contributed by atoms with Crippen molar-refractivity contribution in [1.29, 1.82) is 0 Å². The Labute approximate surface area is 189 Å². The fourth-order valence-corrected chi connectivity index (χ4v) is 4.87. The van der Waals surface area contributed by atoms with Gasteiger partial charge < -0.3 is 9.64 Å². The molecule has 0 aliphatic carbocycles. The zero-order valence-electron chi connectivity index (χ0n) is 18.9. The van der Waals surface area contributed by atoms with Gasteiger partial charge in [0, 0.05) is 31.6 Å². The van der Waals surface area contributed by atoms with Gasteiger partial charge in [0.1, 0.15) is 5.69 Å². The van der Waals surface area contributed by atoms with Crippen LogP contribution in [0.5, 0.6) is 0 Å². The SMILES string of the molecule is Cc1cc(N2CCC(Cc3ccccn3)CC2)cnc1-c1cn(CC2CCCCO2)nn1. The van der Waals surface area contributed by atoms with E-state index >= 15 is 0 Å². The molecule has 1 unspecified atom stereocenters. The second-order valence-electron chi connectivity index (χ2n) is 9.13. The maximum atomic E-state index is 5.83. The highest BCUT2D eigenvalue weighted by atomic mass is 16.5. The summed E-state index contributed by atoms with van der Waals surface area (Å²) in [5, 5.41) is 8.69. The predicted molar refractivity (Wildman–Crippen MR) is 124 cm³/mol. The normalized spacial score (nSPS) is 19.9. The second kappa shape index (κ2) is 9.77. The minimum atomic E-state index is 0.246. The maximum Gasteiger partial charge on any atom is 0.131 e. The molecule has 3 aromatic heterocycles. The molecule has 0 spiro atoms. The van der Waals surface area contributed by atoms with Crippen LogP contribution in [0.15, 0.2) is 42.9 Å². The molecule has 2 aliphatic heterocycles. The molecule has 0 bridgehead atoms. The van der Waals surface area contributed by atoms with Crippen molar-refractivity contribution < 1.29 is 4.74 Å². The van der Waals surface area contributed by atoms with Gasteiger partial charge in [0.05, 0.1) is 36.4 Å². The Morgan fingerprint density at radius 1 is 1.09 bits per heavy atom. The van der Waals surface area contributed by atoms with Gasteiger partial charge in [-0.25, -0.2) is 4.68 Å². The average molecular weight is 433 g/mol. The Morgan fingerprint density at radius 2 is 2.00 bits per heavy atom. The molecular weight excluding hydrogens is 400 g/mol. The molecule has 3 aromatic rings. The van der Waals surface area contributed by atoms with Crippen LogP contribution in [0.1, 0.15) is 43.4 Å². The Kier molecular flexibility index (Phi) is 6.44. The lowest BCUT2D eigenvalue weighted by Crippen LogP contribution is -2.34. The standard InChI is InChI=1S/C25H32N6O/c1-19-14-22(30-11-8-20(9-12-30)15-21-6-2-4-10-26-21)16-27-25(19)24-18-31(29-28-24)17-23-7-3-5-13-32-23/h2,4,6,10,14,16,18,20,23H,3,5,7-9,11-13,15,17H2,1H3. The lowest BCUT2D eigenvalue weighted by molar-refractivity contribution is 0.00370. The van der Waals surface area contributed by atoms with Crippen LogP contribution in [0, 0.1) is 12.8 Å². The minimum absolute atomic E-state index is 0.246. The lowest BCUT2D eigenvalue weighted by Gasteiger charge is -2.33. The molecule has 0 saturated carbocycles. The third kappa shape index (κ3) is 4.99. The van der Waals surface area contributed by atoms with Crippen LogP contribution in [-0.2, 0) is 17.7 Å². The highest BCUT2D eigenvalue weighted by Crippen LogP contribution is 2.28. The predicted octanol–water partition coefficient (Wildman–Crippen LogP) is 4.07. The topological polar surface area (TPSA) is 69.0 Å². The molecule has 5 rings (SSSR count). The van der Waals surface area contributed by atoms with Crippen LogP contribution in [0.3, 0.4) is 0 Å². The number of hydrogen-bond acceptors (Lipinski definition) is 6. The minimum Gasteiger partial charge on any atom is -0.376 e. The number of piperidine rings is 1. The first kappa shape index (κ1) is 21.1. The Hall–Kier alpha value is -2.80. The molecule has 2 fully saturated rings. The van der Waals surface area contributed by atoms with Crippen LogP contribution in [0.4, 0.5) is 5.69 Å². The molecule has 0 amide bonds. The number of aryl methyl sites for hydroxylation is 1. The number of anilines is 1. The van der Waals surface area contributed by atoms with Crippen LogP contribution < -0.4 is 4.90 Å². The molecule has 2 aliphatic rings. The van der Waals surface area contributed by atoms with Gasteiger partial charge in [-0.15, -0.1) is 5.10 Å². The van der Waals surface area contributed by atoms with Crippen molar-refractivity contribution in [2.24, 2.45) is 5.92 Å². The van der Waals surface area contributed by atoms with Gasteiger partial charge in [0.15, 0.2) is 0 Å². The summed E-state index contributed by atoms with van der Waals surface area (Å²) in [7, 11) is 0. The van der Waals surface area contributed by atoms with Gasteiger partial charge in [-0.3, -0.25) is 9.97 Å². The first-order chi connectivity index (χ1) is 15.7. The largest absolute Gasteiger partial charge is 0.376 e. The van der Waals surface area contributed by atoms with Crippen molar-refractivity contribution in [3.05, 3.63) is 54.1 Å². The van der Waals surface area contributed by atoms with Crippen molar-refractivity contribution in [2.45, 2.75) is 58.1 Å². The lowest BCUT2D eigenvalue weighted by atomic mass is 9.91. The summed E-state index contributed by atoms with van der Waals surface area (Å²) in [4.78, 5) is 11.7. The highest BCUT2D eigenvalue weighted by Gasteiger charge is 2.21. The van der Waals surface area contributed by atoms with Gasteiger partial charge in [0.2, 0.25) is 0 Å². The van der Waals surface area contributed by atoms with Crippen LogP contribution in [-0.4, -0.2) is 50.8 Å². The van der Waals surface area contributed by atoms with Gasteiger partial charge in [0.25, 0.3) is 0 Å². The molecule has 7 heteroatoms. The van der Waals surface area contributed by atoms with Crippen molar-refractivity contribution in [2.75, 3.05) is 24.6 Å². The number of hydrogen-bond donors (Lipinski definition) is 0. The number of nitrogens with zero attached hydrogens (tertiary/aromatic N) is 6. The molecule has 7 nitrogen and oxygen atoms in total. The Bertz CT molecular complexity index is 1010. The fraction of sp³-hybridized carbons (Fsp3) is 0.520. The van der Waals surface area contributed by atoms with E-state index in [0.29, 0.717) is 5.92 Å². The van der Waals surface area contributed by atoms with E-state index in [1.165, 1.54) is 30.6 Å². The Morgan fingerprint density at radius 3 is 2.75 bits per heavy atom. The summed E-state index contributed by atoms with van der Waals surface area (Å²) in [5.41, 5.74) is 5.29. The van der Waals surface area contributed by atoms with Gasteiger partial charge >= 0.3 is 0 Å². The van der Waals surface area contributed by atoms with E-state index in [2.05, 4.69) is 45.3 Å². The van der Waals surface area contributed by atoms with Crippen molar-refractivity contribution in [1.82, 2.24) is 25.0 Å². The van der Waals surface area contributed by atoms with Crippen molar-refractivity contribution >= 4 is 5.69 Å². The monoisotopic (exact) mass is 432 g/mol. The molecule has 0 N–H and O–H groups in total. The highest BCUT2D eigenvalue weighted by molar-refractivity contribution is 5.61. The third-order valence-electron chi connectivity index (χ3n) is 6.71. The fourth-order valence-electron chi connectivity index (χ4n) is 4.87. The quantitative estimate of drug-likeness (QED) is 0.585. The van der Waals surface area contributed by atoms with Crippen LogP contribution in [0.2, 0.25) is 0 Å². The Balaban J connectivity index is 1.19. The van der Waals surface area contributed by atoms with Gasteiger partial charge in [-0.05, 0) is 75.1 Å². The van der Waals surface area contributed by atoms with E-state index in [1.807, 2.05) is 29.3 Å². The molecular formula is C25H32N6O. The zero-order chi connectivity index (χ0) is 21.8. The summed E-state index contributed by atoms with van der Waals surface area (Å²) in [5.74, 6) is 0.706. The number of ether oxygens (including phenoxy) is 1. The van der Waals surface area contributed by atoms with Crippen molar-refractivity contribution in [3.8, 4) is 11.4 Å². The van der Waals surface area contributed by atoms with E-state index in [4.69, 9.17) is 9.72 Å². The van der Waals surface area contributed by atoms with E-state index in [-0.39, 0.29) is 6.10 Å². The second-order valence-corrected chi connectivity index (χ2v) is 9.13. The maximum absolute atomic E-state index is 5.83. The summed E-state index contributed by atoms with van der Waals surface area (Å²) in [6.07, 6.45) is 13.1. The van der Waals surface area contributed by atoms with E-state index in [0.717, 1.165) is 62.5 Å². The van der Waals surface area contributed by atoms with Crippen LogP contribution >= 0.6 is 0 Å². The van der Waals surface area contributed by atoms with E-state index in [9.17, 15) is 0 Å².